The van der Waals surface area contributed by atoms with Crippen molar-refractivity contribution in [1.82, 2.24) is 0 Å². The van der Waals surface area contributed by atoms with Crippen LogP contribution < -0.4 is 5.46 Å². The standard InChI is InChI=1S/C16H27BO2/c1-12-13(11-18)9-8-10-14(12)17(7)19-16(5,6)15(2,3)4/h8-10,18H,11H2,1-7H3. The Morgan fingerprint density at radius 2 is 1.74 bits per heavy atom. The fourth-order valence-electron chi connectivity index (χ4n) is 2.00. The molecule has 106 valence electrons. The summed E-state index contributed by atoms with van der Waals surface area (Å²) >= 11 is 0. The molecule has 0 heterocycles. The Hall–Kier alpha value is -0.795. The molecular weight excluding hydrogens is 235 g/mol. The minimum Gasteiger partial charge on any atom is -0.426 e. The van der Waals surface area contributed by atoms with Gasteiger partial charge in [-0.25, -0.2) is 0 Å². The maximum Gasteiger partial charge on any atom is 0.324 e. The van der Waals surface area contributed by atoms with Gasteiger partial charge < -0.3 is 9.76 Å². The van der Waals surface area contributed by atoms with Gasteiger partial charge in [-0.2, -0.15) is 0 Å². The van der Waals surface area contributed by atoms with Crippen LogP contribution in [-0.4, -0.2) is 17.6 Å². The molecular formula is C16H27BO2. The van der Waals surface area contributed by atoms with E-state index in [9.17, 15) is 5.11 Å². The van der Waals surface area contributed by atoms with E-state index >= 15 is 0 Å². The molecule has 3 heteroatoms. The lowest BCUT2D eigenvalue weighted by Gasteiger charge is -2.41. The monoisotopic (exact) mass is 262 g/mol. The van der Waals surface area contributed by atoms with Crippen LogP contribution in [0.5, 0.6) is 0 Å². The molecule has 0 saturated carbocycles. The molecule has 0 aromatic heterocycles. The van der Waals surface area contributed by atoms with Gasteiger partial charge in [0.15, 0.2) is 0 Å². The molecule has 1 aromatic rings. The van der Waals surface area contributed by atoms with Gasteiger partial charge in [-0.15, -0.1) is 0 Å². The number of hydrogen-bond acceptors (Lipinski definition) is 2. The Kier molecular flexibility index (Phi) is 4.86. The zero-order chi connectivity index (χ0) is 14.8. The number of hydrogen-bond donors (Lipinski definition) is 1. The van der Waals surface area contributed by atoms with Gasteiger partial charge in [0.05, 0.1) is 12.2 Å². The second-order valence-electron chi connectivity index (χ2n) is 6.81. The predicted octanol–water partition coefficient (Wildman–Crippen LogP) is 3.16. The van der Waals surface area contributed by atoms with E-state index in [2.05, 4.69) is 47.5 Å². The molecule has 1 aromatic carbocycles. The quantitative estimate of drug-likeness (QED) is 0.844. The molecule has 0 atom stereocenters. The molecule has 1 N–H and O–H groups in total. The molecule has 0 spiro atoms. The summed E-state index contributed by atoms with van der Waals surface area (Å²) in [6.07, 6.45) is 0. The molecule has 0 bridgehead atoms. The highest BCUT2D eigenvalue weighted by atomic mass is 16.5. The summed E-state index contributed by atoms with van der Waals surface area (Å²) in [4.78, 5) is 0. The fraction of sp³-hybridized carbons (Fsp3) is 0.625. The van der Waals surface area contributed by atoms with Crippen LogP contribution in [0.25, 0.3) is 0 Å². The van der Waals surface area contributed by atoms with Crippen molar-refractivity contribution in [3.63, 3.8) is 0 Å². The van der Waals surface area contributed by atoms with Crippen LogP contribution >= 0.6 is 0 Å². The van der Waals surface area contributed by atoms with E-state index in [1.54, 1.807) is 0 Å². The first-order valence-electron chi connectivity index (χ1n) is 6.97. The van der Waals surface area contributed by atoms with Crippen LogP contribution in [0.2, 0.25) is 6.82 Å². The van der Waals surface area contributed by atoms with Crippen molar-refractivity contribution < 1.29 is 9.76 Å². The van der Waals surface area contributed by atoms with Crippen molar-refractivity contribution in [1.29, 1.82) is 0 Å². The summed E-state index contributed by atoms with van der Waals surface area (Å²) in [5.74, 6) is 0. The molecule has 0 saturated heterocycles. The first kappa shape index (κ1) is 16.3. The van der Waals surface area contributed by atoms with Crippen LogP contribution in [0.3, 0.4) is 0 Å². The highest BCUT2D eigenvalue weighted by molar-refractivity contribution is 6.66. The Morgan fingerprint density at radius 3 is 2.21 bits per heavy atom. The second kappa shape index (κ2) is 5.68. The average Bonchev–Trinajstić information content (AvgIpc) is 2.27. The first-order chi connectivity index (χ1) is 8.60. The highest BCUT2D eigenvalue weighted by Crippen LogP contribution is 2.33. The van der Waals surface area contributed by atoms with E-state index in [-0.39, 0.29) is 24.5 Å². The van der Waals surface area contributed by atoms with Crippen LogP contribution in [0.1, 0.15) is 45.7 Å². The molecule has 0 unspecified atom stereocenters. The fourth-order valence-corrected chi connectivity index (χ4v) is 2.00. The highest BCUT2D eigenvalue weighted by Gasteiger charge is 2.36. The topological polar surface area (TPSA) is 29.5 Å². The SMILES string of the molecule is CB(OC(C)(C)C(C)(C)C)c1cccc(CO)c1C. The minimum absolute atomic E-state index is 0.0146. The third kappa shape index (κ3) is 3.61. The number of aliphatic hydroxyl groups is 1. The zero-order valence-electron chi connectivity index (χ0n) is 13.4. The van der Waals surface area contributed by atoms with Crippen molar-refractivity contribution in [2.24, 2.45) is 5.41 Å². The lowest BCUT2D eigenvalue weighted by atomic mass is 9.60. The van der Waals surface area contributed by atoms with Crippen molar-refractivity contribution in [3.8, 4) is 0 Å². The van der Waals surface area contributed by atoms with E-state index in [0.29, 0.717) is 0 Å². The van der Waals surface area contributed by atoms with Crippen molar-refractivity contribution in [2.75, 3.05) is 0 Å². The molecule has 0 amide bonds. The van der Waals surface area contributed by atoms with Crippen LogP contribution in [0.15, 0.2) is 18.2 Å². The summed E-state index contributed by atoms with van der Waals surface area (Å²) < 4.78 is 6.29. The Bertz CT molecular complexity index is 433. The van der Waals surface area contributed by atoms with Crippen LogP contribution in [0, 0.1) is 12.3 Å². The van der Waals surface area contributed by atoms with Crippen LogP contribution in [0.4, 0.5) is 0 Å². The Labute approximate surface area is 118 Å². The second-order valence-corrected chi connectivity index (χ2v) is 6.81. The summed E-state index contributed by atoms with van der Waals surface area (Å²) in [7, 11) is 0. The molecule has 2 nitrogen and oxygen atoms in total. The van der Waals surface area contributed by atoms with Crippen LogP contribution in [-0.2, 0) is 11.3 Å². The maximum atomic E-state index is 9.35. The van der Waals surface area contributed by atoms with Crippen molar-refractivity contribution in [3.05, 3.63) is 29.3 Å². The summed E-state index contributed by atoms with van der Waals surface area (Å²) in [6, 6.07) is 6.02. The minimum atomic E-state index is -0.214. The summed E-state index contributed by atoms with van der Waals surface area (Å²) in [5.41, 5.74) is 3.12. The van der Waals surface area contributed by atoms with Crippen molar-refractivity contribution in [2.45, 2.75) is 60.6 Å². The molecule has 0 aliphatic rings. The Balaban J connectivity index is 2.99. The van der Waals surface area contributed by atoms with Gasteiger partial charge >= 0.3 is 6.92 Å². The molecule has 19 heavy (non-hydrogen) atoms. The molecule has 1 rings (SSSR count). The third-order valence-corrected chi connectivity index (χ3v) is 4.37. The van der Waals surface area contributed by atoms with Gasteiger partial charge in [0.2, 0.25) is 0 Å². The smallest absolute Gasteiger partial charge is 0.324 e. The average molecular weight is 262 g/mol. The first-order valence-corrected chi connectivity index (χ1v) is 6.97. The van der Waals surface area contributed by atoms with E-state index < -0.39 is 0 Å². The lowest BCUT2D eigenvalue weighted by Crippen LogP contribution is -2.47. The lowest BCUT2D eigenvalue weighted by molar-refractivity contribution is 0.000429. The van der Waals surface area contributed by atoms with E-state index in [4.69, 9.17) is 4.65 Å². The third-order valence-electron chi connectivity index (χ3n) is 4.37. The van der Waals surface area contributed by atoms with E-state index in [0.717, 1.165) is 16.6 Å². The molecule has 0 fully saturated rings. The molecule has 0 radical (unpaired) electrons. The maximum absolute atomic E-state index is 9.35. The van der Waals surface area contributed by atoms with E-state index in [1.165, 1.54) is 0 Å². The van der Waals surface area contributed by atoms with Gasteiger partial charge in [-0.1, -0.05) is 45.8 Å². The molecule has 0 aliphatic carbocycles. The Morgan fingerprint density at radius 1 is 1.16 bits per heavy atom. The number of aliphatic hydroxyl groups excluding tert-OH is 1. The number of benzene rings is 1. The van der Waals surface area contributed by atoms with Gasteiger partial charge in [-0.05, 0) is 42.8 Å². The van der Waals surface area contributed by atoms with Gasteiger partial charge in [0.25, 0.3) is 0 Å². The predicted molar refractivity (Wildman–Crippen MR) is 83.0 cm³/mol. The molecule has 0 aliphatic heterocycles. The number of rotatable bonds is 4. The summed E-state index contributed by atoms with van der Waals surface area (Å²) in [6.45, 7) is 15.1. The van der Waals surface area contributed by atoms with E-state index in [1.807, 2.05) is 19.1 Å². The largest absolute Gasteiger partial charge is 0.426 e. The summed E-state index contributed by atoms with van der Waals surface area (Å²) in [5, 5.41) is 9.35. The van der Waals surface area contributed by atoms with Crippen molar-refractivity contribution >= 4 is 12.4 Å². The van der Waals surface area contributed by atoms with Gasteiger partial charge in [0, 0.05) is 0 Å². The zero-order valence-corrected chi connectivity index (χ0v) is 13.4. The van der Waals surface area contributed by atoms with Gasteiger partial charge in [0.1, 0.15) is 0 Å². The van der Waals surface area contributed by atoms with Gasteiger partial charge in [-0.3, -0.25) is 0 Å². The normalized spacial score (nSPS) is 12.6.